The highest BCUT2D eigenvalue weighted by atomic mass is 16.5. The Balaban J connectivity index is 2.32. The first-order chi connectivity index (χ1) is 8.11. The fourth-order valence-corrected chi connectivity index (χ4v) is 1.61. The van der Waals surface area contributed by atoms with Crippen LogP contribution in [0.25, 0.3) is 0 Å². The van der Waals surface area contributed by atoms with E-state index in [-0.39, 0.29) is 0 Å². The van der Waals surface area contributed by atoms with Crippen LogP contribution in [0.3, 0.4) is 0 Å². The van der Waals surface area contributed by atoms with Gasteiger partial charge in [0.25, 0.3) is 0 Å². The van der Waals surface area contributed by atoms with Crippen molar-refractivity contribution in [3.63, 3.8) is 0 Å². The van der Waals surface area contributed by atoms with Crippen LogP contribution >= 0.6 is 0 Å². The van der Waals surface area contributed by atoms with Crippen molar-refractivity contribution in [3.8, 4) is 11.6 Å². The molecule has 2 rings (SSSR count). The van der Waals surface area contributed by atoms with Gasteiger partial charge in [0.1, 0.15) is 11.4 Å². The van der Waals surface area contributed by atoms with E-state index in [4.69, 9.17) is 10.5 Å². The number of nitrogens with zero attached hydrogens (tertiary/aromatic N) is 2. The highest BCUT2D eigenvalue weighted by Gasteiger charge is 2.13. The molecule has 1 aromatic carbocycles. The first-order valence-corrected chi connectivity index (χ1v) is 5.69. The van der Waals surface area contributed by atoms with Crippen molar-refractivity contribution >= 4 is 5.69 Å². The Labute approximate surface area is 101 Å². The van der Waals surface area contributed by atoms with Gasteiger partial charge in [-0.1, -0.05) is 17.7 Å². The summed E-state index contributed by atoms with van der Waals surface area (Å²) in [5, 5.41) is 4.31. The molecular weight excluding hydrogens is 214 g/mol. The molecule has 90 valence electrons. The summed E-state index contributed by atoms with van der Waals surface area (Å²) in [4.78, 5) is 0. The van der Waals surface area contributed by atoms with E-state index >= 15 is 0 Å². The van der Waals surface area contributed by atoms with Gasteiger partial charge in [-0.3, -0.25) is 0 Å². The zero-order valence-electron chi connectivity index (χ0n) is 10.4. The third kappa shape index (κ3) is 2.25. The number of benzene rings is 1. The predicted molar refractivity (Wildman–Crippen MR) is 68.3 cm³/mol. The summed E-state index contributed by atoms with van der Waals surface area (Å²) in [5.41, 5.74) is 8.55. The molecule has 1 heterocycles. The SMILES string of the molecule is CCn1nc(C)c(N)c1Oc1ccc(C)cc1. The molecule has 0 amide bonds. The van der Waals surface area contributed by atoms with Crippen molar-refractivity contribution in [2.45, 2.75) is 27.3 Å². The lowest BCUT2D eigenvalue weighted by atomic mass is 10.2. The maximum Gasteiger partial charge on any atom is 0.241 e. The van der Waals surface area contributed by atoms with Gasteiger partial charge in [-0.2, -0.15) is 5.10 Å². The lowest BCUT2D eigenvalue weighted by Crippen LogP contribution is -2.00. The first-order valence-electron chi connectivity index (χ1n) is 5.69. The van der Waals surface area contributed by atoms with Crippen LogP contribution in [0.15, 0.2) is 24.3 Å². The summed E-state index contributed by atoms with van der Waals surface area (Å²) >= 11 is 0. The van der Waals surface area contributed by atoms with Crippen LogP contribution in [0.1, 0.15) is 18.2 Å². The van der Waals surface area contributed by atoms with Gasteiger partial charge in [0.15, 0.2) is 0 Å². The number of aryl methyl sites for hydroxylation is 3. The van der Waals surface area contributed by atoms with Crippen molar-refractivity contribution in [1.82, 2.24) is 9.78 Å². The Morgan fingerprint density at radius 1 is 1.24 bits per heavy atom. The van der Waals surface area contributed by atoms with Crippen molar-refractivity contribution in [2.75, 3.05) is 5.73 Å². The molecule has 0 bridgehead atoms. The molecule has 2 aromatic rings. The van der Waals surface area contributed by atoms with Gasteiger partial charge < -0.3 is 10.5 Å². The van der Waals surface area contributed by atoms with Crippen molar-refractivity contribution in [3.05, 3.63) is 35.5 Å². The molecule has 0 fully saturated rings. The van der Waals surface area contributed by atoms with Crippen LogP contribution in [-0.4, -0.2) is 9.78 Å². The molecule has 0 aliphatic carbocycles. The second kappa shape index (κ2) is 4.49. The summed E-state index contributed by atoms with van der Waals surface area (Å²) in [6.07, 6.45) is 0. The molecule has 0 saturated heterocycles. The molecule has 4 heteroatoms. The van der Waals surface area contributed by atoms with Crippen LogP contribution in [0.2, 0.25) is 0 Å². The lowest BCUT2D eigenvalue weighted by molar-refractivity contribution is 0.418. The van der Waals surface area contributed by atoms with Gasteiger partial charge in [-0.15, -0.1) is 0 Å². The van der Waals surface area contributed by atoms with Crippen molar-refractivity contribution < 1.29 is 4.74 Å². The van der Waals surface area contributed by atoms with E-state index in [0.29, 0.717) is 11.6 Å². The van der Waals surface area contributed by atoms with Crippen LogP contribution in [0, 0.1) is 13.8 Å². The van der Waals surface area contributed by atoms with Crippen LogP contribution < -0.4 is 10.5 Å². The fourth-order valence-electron chi connectivity index (χ4n) is 1.61. The smallest absolute Gasteiger partial charge is 0.241 e. The minimum absolute atomic E-state index is 0.604. The largest absolute Gasteiger partial charge is 0.437 e. The van der Waals surface area contributed by atoms with E-state index in [1.807, 2.05) is 45.0 Å². The van der Waals surface area contributed by atoms with E-state index in [0.717, 1.165) is 18.0 Å². The lowest BCUT2D eigenvalue weighted by Gasteiger charge is -2.08. The average Bonchev–Trinajstić information content (AvgIpc) is 2.59. The normalized spacial score (nSPS) is 10.5. The van der Waals surface area contributed by atoms with Gasteiger partial charge in [0.05, 0.1) is 5.69 Å². The molecule has 2 N–H and O–H groups in total. The third-order valence-corrected chi connectivity index (χ3v) is 2.66. The number of rotatable bonds is 3. The molecule has 0 aliphatic rings. The minimum Gasteiger partial charge on any atom is -0.437 e. The van der Waals surface area contributed by atoms with E-state index in [1.54, 1.807) is 4.68 Å². The summed E-state index contributed by atoms with van der Waals surface area (Å²) in [7, 11) is 0. The Hall–Kier alpha value is -1.97. The number of aromatic nitrogens is 2. The molecule has 0 radical (unpaired) electrons. The van der Waals surface area contributed by atoms with Gasteiger partial charge in [0.2, 0.25) is 5.88 Å². The molecule has 0 saturated carbocycles. The highest BCUT2D eigenvalue weighted by Crippen LogP contribution is 2.29. The summed E-state index contributed by atoms with van der Waals surface area (Å²) in [6.45, 7) is 6.66. The summed E-state index contributed by atoms with van der Waals surface area (Å²) in [5.74, 6) is 1.39. The van der Waals surface area contributed by atoms with E-state index in [2.05, 4.69) is 5.10 Å². The van der Waals surface area contributed by atoms with Crippen LogP contribution in [0.4, 0.5) is 5.69 Å². The summed E-state index contributed by atoms with van der Waals surface area (Å²) in [6, 6.07) is 7.87. The van der Waals surface area contributed by atoms with Gasteiger partial charge >= 0.3 is 0 Å². The minimum atomic E-state index is 0.604. The fraction of sp³-hybridized carbons (Fsp3) is 0.308. The Kier molecular flexibility index (Phi) is 3.04. The van der Waals surface area contributed by atoms with Gasteiger partial charge in [0, 0.05) is 6.54 Å². The molecule has 4 nitrogen and oxygen atoms in total. The number of anilines is 1. The average molecular weight is 231 g/mol. The molecule has 0 unspecified atom stereocenters. The number of ether oxygens (including phenoxy) is 1. The Morgan fingerprint density at radius 2 is 1.88 bits per heavy atom. The number of hydrogen-bond acceptors (Lipinski definition) is 3. The number of hydrogen-bond donors (Lipinski definition) is 1. The maximum absolute atomic E-state index is 5.95. The van der Waals surface area contributed by atoms with Crippen molar-refractivity contribution in [1.29, 1.82) is 0 Å². The molecule has 0 atom stereocenters. The molecule has 17 heavy (non-hydrogen) atoms. The standard InChI is InChI=1S/C13H17N3O/c1-4-16-13(12(14)10(3)15-16)17-11-7-5-9(2)6-8-11/h5-8H,4,14H2,1-3H3. The molecule has 0 aliphatic heterocycles. The van der Waals surface area contributed by atoms with E-state index in [1.165, 1.54) is 5.56 Å². The van der Waals surface area contributed by atoms with E-state index < -0.39 is 0 Å². The van der Waals surface area contributed by atoms with E-state index in [9.17, 15) is 0 Å². The monoisotopic (exact) mass is 231 g/mol. The third-order valence-electron chi connectivity index (χ3n) is 2.66. The number of nitrogens with two attached hydrogens (primary N) is 1. The summed E-state index contributed by atoms with van der Waals surface area (Å²) < 4.78 is 7.55. The number of nitrogen functional groups attached to an aromatic ring is 1. The van der Waals surface area contributed by atoms with Gasteiger partial charge in [-0.25, -0.2) is 4.68 Å². The van der Waals surface area contributed by atoms with Crippen LogP contribution in [-0.2, 0) is 6.54 Å². The molecule has 1 aromatic heterocycles. The topological polar surface area (TPSA) is 53.1 Å². The zero-order chi connectivity index (χ0) is 12.4. The van der Waals surface area contributed by atoms with Gasteiger partial charge in [-0.05, 0) is 32.9 Å². The first kappa shape index (κ1) is 11.5. The Bertz CT molecular complexity index is 514. The Morgan fingerprint density at radius 3 is 2.47 bits per heavy atom. The second-order valence-electron chi connectivity index (χ2n) is 4.04. The zero-order valence-corrected chi connectivity index (χ0v) is 10.4. The maximum atomic E-state index is 5.95. The quantitative estimate of drug-likeness (QED) is 0.883. The molecular formula is C13H17N3O. The highest BCUT2D eigenvalue weighted by molar-refractivity contribution is 5.54. The molecule has 0 spiro atoms. The van der Waals surface area contributed by atoms with Crippen LogP contribution in [0.5, 0.6) is 11.6 Å². The second-order valence-corrected chi connectivity index (χ2v) is 4.04. The predicted octanol–water partition coefficient (Wildman–Crippen LogP) is 2.89. The van der Waals surface area contributed by atoms with Crippen molar-refractivity contribution in [2.24, 2.45) is 0 Å².